The highest BCUT2D eigenvalue weighted by Crippen LogP contribution is 2.32. The topological polar surface area (TPSA) is 81.7 Å². The van der Waals surface area contributed by atoms with Crippen LogP contribution in [0.2, 0.25) is 0 Å². The second kappa shape index (κ2) is 7.11. The van der Waals surface area contributed by atoms with Crippen molar-refractivity contribution in [2.45, 2.75) is 50.5 Å². The van der Waals surface area contributed by atoms with Gasteiger partial charge in [0.2, 0.25) is 0 Å². The molecule has 3 N–H and O–H groups in total. The fourth-order valence-corrected chi connectivity index (χ4v) is 3.48. The zero-order chi connectivity index (χ0) is 15.3. The van der Waals surface area contributed by atoms with Gasteiger partial charge in [0, 0.05) is 6.54 Å². The lowest BCUT2D eigenvalue weighted by Crippen LogP contribution is -2.52. The number of urea groups is 1. The van der Waals surface area contributed by atoms with Gasteiger partial charge in [-0.2, -0.15) is 0 Å². The first kappa shape index (κ1) is 16.1. The molecule has 2 aliphatic rings. The molecule has 21 heavy (non-hydrogen) atoms. The maximum atomic E-state index is 12.1. The van der Waals surface area contributed by atoms with Gasteiger partial charge in [0.05, 0.1) is 12.0 Å². The largest absolute Gasteiger partial charge is 0.481 e. The van der Waals surface area contributed by atoms with Gasteiger partial charge in [0.15, 0.2) is 0 Å². The quantitative estimate of drug-likeness (QED) is 0.717. The van der Waals surface area contributed by atoms with Crippen molar-refractivity contribution < 1.29 is 14.7 Å². The van der Waals surface area contributed by atoms with Crippen molar-refractivity contribution in [2.24, 2.45) is 5.92 Å². The Kier molecular flexibility index (Phi) is 5.45. The average Bonchev–Trinajstić information content (AvgIpc) is 2.85. The smallest absolute Gasteiger partial charge is 0.315 e. The number of hydrogen-bond acceptors (Lipinski definition) is 3. The van der Waals surface area contributed by atoms with Gasteiger partial charge in [0.1, 0.15) is 0 Å². The van der Waals surface area contributed by atoms with E-state index < -0.39 is 11.5 Å². The standard InChI is InChI=1S/C15H27N3O3/c1-18-8-4-12(5-9-18)11-16-14(21)17-15(10-13(19)20)6-2-3-7-15/h12H,2-11H2,1H3,(H,19,20)(H2,16,17,21). The Morgan fingerprint density at radius 3 is 2.43 bits per heavy atom. The van der Waals surface area contributed by atoms with Crippen LogP contribution in [0.15, 0.2) is 0 Å². The van der Waals surface area contributed by atoms with Crippen molar-refractivity contribution in [3.05, 3.63) is 0 Å². The van der Waals surface area contributed by atoms with Crippen LogP contribution in [0.1, 0.15) is 44.9 Å². The minimum absolute atomic E-state index is 0.0225. The molecule has 2 fully saturated rings. The van der Waals surface area contributed by atoms with Crippen LogP contribution in [0.5, 0.6) is 0 Å². The molecule has 1 aliphatic carbocycles. The summed E-state index contributed by atoms with van der Waals surface area (Å²) in [6, 6.07) is -0.211. The van der Waals surface area contributed by atoms with E-state index >= 15 is 0 Å². The fraction of sp³-hybridized carbons (Fsp3) is 0.867. The second-order valence-corrected chi connectivity index (χ2v) is 6.64. The number of nitrogens with zero attached hydrogens (tertiary/aromatic N) is 1. The number of piperidine rings is 1. The molecule has 2 rings (SSSR count). The second-order valence-electron chi connectivity index (χ2n) is 6.64. The Bertz CT molecular complexity index is 372. The maximum Gasteiger partial charge on any atom is 0.315 e. The number of aliphatic carboxylic acids is 1. The molecular weight excluding hydrogens is 270 g/mol. The zero-order valence-corrected chi connectivity index (χ0v) is 12.9. The summed E-state index contributed by atoms with van der Waals surface area (Å²) in [5.41, 5.74) is -0.539. The summed E-state index contributed by atoms with van der Waals surface area (Å²) in [5.74, 6) is -0.307. The zero-order valence-electron chi connectivity index (χ0n) is 12.9. The van der Waals surface area contributed by atoms with Gasteiger partial charge in [-0.25, -0.2) is 4.79 Å². The lowest BCUT2D eigenvalue weighted by Gasteiger charge is -2.31. The van der Waals surface area contributed by atoms with Gasteiger partial charge in [-0.3, -0.25) is 4.79 Å². The summed E-state index contributed by atoms with van der Waals surface area (Å²) in [6.07, 6.45) is 5.75. The van der Waals surface area contributed by atoms with Crippen LogP contribution in [0, 0.1) is 5.92 Å². The van der Waals surface area contributed by atoms with E-state index in [2.05, 4.69) is 22.6 Å². The molecule has 1 saturated heterocycles. The van der Waals surface area contributed by atoms with Gasteiger partial charge in [-0.05, 0) is 51.7 Å². The first-order valence-electron chi connectivity index (χ1n) is 7.95. The molecule has 0 unspecified atom stereocenters. The molecule has 6 nitrogen and oxygen atoms in total. The molecule has 1 heterocycles. The summed E-state index contributed by atoms with van der Waals surface area (Å²) >= 11 is 0. The molecule has 0 spiro atoms. The number of carboxylic acid groups (broad SMARTS) is 1. The molecule has 120 valence electrons. The van der Waals surface area contributed by atoms with Crippen molar-refractivity contribution in [3.63, 3.8) is 0 Å². The highest BCUT2D eigenvalue weighted by atomic mass is 16.4. The van der Waals surface area contributed by atoms with Gasteiger partial charge < -0.3 is 20.6 Å². The molecule has 2 amide bonds. The van der Waals surface area contributed by atoms with Crippen molar-refractivity contribution in [1.82, 2.24) is 15.5 Å². The summed E-state index contributed by atoms with van der Waals surface area (Å²) in [4.78, 5) is 25.4. The number of likely N-dealkylation sites (tertiary alicyclic amines) is 1. The first-order chi connectivity index (χ1) is 9.99. The predicted octanol–water partition coefficient (Wildman–Crippen LogP) is 1.41. The summed E-state index contributed by atoms with van der Waals surface area (Å²) < 4.78 is 0. The fourth-order valence-electron chi connectivity index (χ4n) is 3.48. The van der Waals surface area contributed by atoms with Crippen LogP contribution in [0.25, 0.3) is 0 Å². The predicted molar refractivity (Wildman–Crippen MR) is 80.2 cm³/mol. The lowest BCUT2D eigenvalue weighted by molar-refractivity contribution is -0.138. The van der Waals surface area contributed by atoms with Crippen LogP contribution in [0.4, 0.5) is 4.79 Å². The Balaban J connectivity index is 1.76. The molecular formula is C15H27N3O3. The van der Waals surface area contributed by atoms with Gasteiger partial charge in [-0.15, -0.1) is 0 Å². The normalized spacial score (nSPS) is 22.9. The van der Waals surface area contributed by atoms with E-state index in [0.29, 0.717) is 12.5 Å². The number of nitrogens with one attached hydrogen (secondary N) is 2. The Hall–Kier alpha value is -1.30. The van der Waals surface area contributed by atoms with Crippen LogP contribution >= 0.6 is 0 Å². The van der Waals surface area contributed by atoms with Crippen LogP contribution < -0.4 is 10.6 Å². The minimum atomic E-state index is -0.840. The average molecular weight is 297 g/mol. The minimum Gasteiger partial charge on any atom is -0.481 e. The third-order valence-electron chi connectivity index (χ3n) is 4.82. The summed E-state index contributed by atoms with van der Waals surface area (Å²) in [5, 5.41) is 14.9. The molecule has 0 aromatic carbocycles. The van der Waals surface area contributed by atoms with Crippen LogP contribution in [-0.2, 0) is 4.79 Å². The van der Waals surface area contributed by atoms with Crippen molar-refractivity contribution >= 4 is 12.0 Å². The molecule has 1 aliphatic heterocycles. The Morgan fingerprint density at radius 1 is 1.24 bits per heavy atom. The van der Waals surface area contributed by atoms with Gasteiger partial charge >= 0.3 is 12.0 Å². The number of carbonyl (C=O) groups excluding carboxylic acids is 1. The van der Waals surface area contributed by atoms with Crippen LogP contribution in [-0.4, -0.2) is 54.2 Å². The van der Waals surface area contributed by atoms with E-state index in [4.69, 9.17) is 5.11 Å². The Labute approximate surface area is 126 Å². The summed E-state index contributed by atoms with van der Waals surface area (Å²) in [7, 11) is 2.12. The third-order valence-corrected chi connectivity index (χ3v) is 4.82. The number of carboxylic acids is 1. The highest BCUT2D eigenvalue weighted by Gasteiger charge is 2.37. The van der Waals surface area contributed by atoms with E-state index in [1.165, 1.54) is 0 Å². The molecule has 6 heteroatoms. The first-order valence-corrected chi connectivity index (χ1v) is 7.95. The molecule has 0 radical (unpaired) electrons. The van der Waals surface area contributed by atoms with Crippen molar-refractivity contribution in [2.75, 3.05) is 26.7 Å². The van der Waals surface area contributed by atoms with Gasteiger partial charge in [0.25, 0.3) is 0 Å². The number of hydrogen-bond donors (Lipinski definition) is 3. The van der Waals surface area contributed by atoms with E-state index in [0.717, 1.165) is 51.6 Å². The number of rotatable bonds is 5. The SMILES string of the molecule is CN1CCC(CNC(=O)NC2(CC(=O)O)CCCC2)CC1. The molecule has 1 saturated carbocycles. The van der Waals surface area contributed by atoms with E-state index in [1.54, 1.807) is 0 Å². The third kappa shape index (κ3) is 4.88. The Morgan fingerprint density at radius 2 is 1.86 bits per heavy atom. The highest BCUT2D eigenvalue weighted by molar-refractivity contribution is 5.76. The molecule has 0 atom stereocenters. The lowest BCUT2D eigenvalue weighted by atomic mass is 9.93. The maximum absolute atomic E-state index is 12.1. The van der Waals surface area contributed by atoms with E-state index in [9.17, 15) is 9.59 Å². The van der Waals surface area contributed by atoms with E-state index in [1.807, 2.05) is 0 Å². The van der Waals surface area contributed by atoms with Crippen molar-refractivity contribution in [1.29, 1.82) is 0 Å². The van der Waals surface area contributed by atoms with Crippen LogP contribution in [0.3, 0.4) is 0 Å². The number of carbonyl (C=O) groups is 2. The number of amides is 2. The van der Waals surface area contributed by atoms with E-state index in [-0.39, 0.29) is 12.5 Å². The molecule has 0 aromatic rings. The monoisotopic (exact) mass is 297 g/mol. The van der Waals surface area contributed by atoms with Crippen molar-refractivity contribution in [3.8, 4) is 0 Å². The molecule has 0 aromatic heterocycles. The van der Waals surface area contributed by atoms with Gasteiger partial charge in [-0.1, -0.05) is 12.8 Å². The summed E-state index contributed by atoms with van der Waals surface area (Å²) in [6.45, 7) is 2.84. The molecule has 0 bridgehead atoms.